The molecule has 0 aliphatic carbocycles. The van der Waals surface area contributed by atoms with Crippen LogP contribution in [0.3, 0.4) is 0 Å². The van der Waals surface area contributed by atoms with Crippen molar-refractivity contribution in [2.75, 3.05) is 59.8 Å². The Kier molecular flexibility index (Phi) is 9.98. The van der Waals surface area contributed by atoms with Crippen molar-refractivity contribution < 1.29 is 48.5 Å². The van der Waals surface area contributed by atoms with E-state index in [1.54, 1.807) is 0 Å². The van der Waals surface area contributed by atoms with Gasteiger partial charge >= 0.3 is 0 Å². The van der Waals surface area contributed by atoms with Gasteiger partial charge in [0.15, 0.2) is 6.29 Å². The number of nitrogens with zero attached hydrogens (tertiary/aromatic N) is 4. The minimum absolute atomic E-state index is 0.0303. The third-order valence-electron chi connectivity index (χ3n) is 4.72. The SMILES string of the molecule is CN(CCOCCO[N+](=O)[O-])C(=O)c1cc2c(cc1C=O)C(=O)N(CCOCCO[N+](=O)[O-])C2=O. The summed E-state index contributed by atoms with van der Waals surface area (Å²) in [6.07, 6.45) is 0.394. The molecule has 0 saturated carbocycles. The van der Waals surface area contributed by atoms with Crippen LogP contribution in [0.2, 0.25) is 0 Å². The van der Waals surface area contributed by atoms with Crippen LogP contribution in [-0.2, 0) is 19.1 Å². The molecule has 3 amide bonds. The summed E-state index contributed by atoms with van der Waals surface area (Å²) in [4.78, 5) is 80.2. The first-order chi connectivity index (χ1) is 16.7. The van der Waals surface area contributed by atoms with E-state index in [1.165, 1.54) is 24.1 Å². The average molecular weight is 498 g/mol. The Morgan fingerprint density at radius 2 is 1.49 bits per heavy atom. The summed E-state index contributed by atoms with van der Waals surface area (Å²) in [5.41, 5.74) is -0.268. The molecule has 0 aromatic heterocycles. The lowest BCUT2D eigenvalue weighted by Crippen LogP contribution is -2.33. The highest BCUT2D eigenvalue weighted by molar-refractivity contribution is 6.23. The van der Waals surface area contributed by atoms with Crippen LogP contribution in [0.25, 0.3) is 0 Å². The fourth-order valence-electron chi connectivity index (χ4n) is 3.05. The zero-order valence-corrected chi connectivity index (χ0v) is 18.6. The van der Waals surface area contributed by atoms with E-state index in [4.69, 9.17) is 9.47 Å². The highest BCUT2D eigenvalue weighted by atomic mass is 17.0. The van der Waals surface area contributed by atoms with Crippen LogP contribution in [0.15, 0.2) is 12.1 Å². The molecule has 16 heteroatoms. The van der Waals surface area contributed by atoms with E-state index in [2.05, 4.69) is 9.68 Å². The van der Waals surface area contributed by atoms with Crippen LogP contribution in [0, 0.1) is 20.2 Å². The third-order valence-corrected chi connectivity index (χ3v) is 4.72. The standard InChI is InChI=1S/C19H22N4O12/c1-20(2-4-32-6-8-34-22(28)29)17(25)14-11-16-15(10-13(14)12-24)18(26)21(19(16)27)3-5-33-7-9-35-23(30)31/h10-12H,2-9H2,1H3. The first kappa shape index (κ1) is 27.1. The van der Waals surface area contributed by atoms with Crippen molar-refractivity contribution in [2.24, 2.45) is 0 Å². The van der Waals surface area contributed by atoms with Gasteiger partial charge in [0, 0.05) is 19.2 Å². The maximum absolute atomic E-state index is 12.8. The van der Waals surface area contributed by atoms with Gasteiger partial charge in [0.1, 0.15) is 13.2 Å². The van der Waals surface area contributed by atoms with Gasteiger partial charge in [-0.05, 0) is 12.1 Å². The largest absolute Gasteiger partial charge is 0.378 e. The molecule has 0 bridgehead atoms. The second-order valence-corrected chi connectivity index (χ2v) is 6.93. The monoisotopic (exact) mass is 498 g/mol. The number of rotatable bonds is 16. The minimum atomic E-state index is -0.976. The molecule has 0 unspecified atom stereocenters. The normalized spacial score (nSPS) is 12.3. The number of benzene rings is 1. The molecule has 0 saturated heterocycles. The lowest BCUT2D eigenvalue weighted by molar-refractivity contribution is -0.758. The third kappa shape index (κ3) is 7.41. The molecule has 1 aliphatic rings. The van der Waals surface area contributed by atoms with Crippen LogP contribution in [0.4, 0.5) is 0 Å². The maximum atomic E-state index is 12.8. The zero-order chi connectivity index (χ0) is 26.0. The lowest BCUT2D eigenvalue weighted by atomic mass is 9.99. The van der Waals surface area contributed by atoms with Gasteiger partial charge in [0.2, 0.25) is 0 Å². The summed E-state index contributed by atoms with van der Waals surface area (Å²) < 4.78 is 10.2. The number of hydrogen-bond donors (Lipinski definition) is 0. The number of imide groups is 1. The molecule has 1 aliphatic heterocycles. The van der Waals surface area contributed by atoms with Crippen molar-refractivity contribution in [3.8, 4) is 0 Å². The first-order valence-electron chi connectivity index (χ1n) is 10.1. The number of hydrogen-bond acceptors (Lipinski definition) is 12. The number of aldehydes is 1. The predicted molar refractivity (Wildman–Crippen MR) is 112 cm³/mol. The van der Waals surface area contributed by atoms with Gasteiger partial charge in [-0.25, -0.2) is 0 Å². The van der Waals surface area contributed by atoms with Gasteiger partial charge in [0.05, 0.1) is 49.7 Å². The second-order valence-electron chi connectivity index (χ2n) is 6.93. The fraction of sp³-hybridized carbons (Fsp3) is 0.474. The molecule has 16 nitrogen and oxygen atoms in total. The summed E-state index contributed by atoms with van der Waals surface area (Å²) >= 11 is 0. The zero-order valence-electron chi connectivity index (χ0n) is 18.6. The Hall–Kier alpha value is -4.18. The number of carbonyl (C=O) groups is 4. The van der Waals surface area contributed by atoms with Gasteiger partial charge in [-0.15, -0.1) is 20.2 Å². The van der Waals surface area contributed by atoms with Crippen LogP contribution >= 0.6 is 0 Å². The molecule has 35 heavy (non-hydrogen) atoms. The summed E-state index contributed by atoms with van der Waals surface area (Å²) in [5.74, 6) is -1.96. The van der Waals surface area contributed by atoms with E-state index in [9.17, 15) is 39.4 Å². The van der Waals surface area contributed by atoms with Gasteiger partial charge in [0.25, 0.3) is 27.9 Å². The van der Waals surface area contributed by atoms with Crippen molar-refractivity contribution in [1.29, 1.82) is 0 Å². The number of carbonyl (C=O) groups excluding carboxylic acids is 4. The summed E-state index contributed by atoms with van der Waals surface area (Å²) in [5, 5.41) is 18.2. The molecular formula is C19H22N4O12. The lowest BCUT2D eigenvalue weighted by Gasteiger charge is -2.18. The fourth-order valence-corrected chi connectivity index (χ4v) is 3.05. The number of ether oxygens (including phenoxy) is 2. The Morgan fingerprint density at radius 3 is 2.03 bits per heavy atom. The predicted octanol–water partition coefficient (Wildman–Crippen LogP) is -0.383. The quantitative estimate of drug-likeness (QED) is 0.0942. The molecule has 1 aromatic rings. The smallest absolute Gasteiger partial charge is 0.294 e. The first-order valence-corrected chi connectivity index (χ1v) is 10.1. The number of fused-ring (bicyclic) bond motifs is 1. The van der Waals surface area contributed by atoms with E-state index >= 15 is 0 Å². The summed E-state index contributed by atoms with van der Waals surface area (Å²) in [6, 6.07) is 2.34. The molecule has 0 spiro atoms. The van der Waals surface area contributed by atoms with Crippen molar-refractivity contribution in [2.45, 2.75) is 0 Å². The Balaban J connectivity index is 1.99. The highest BCUT2D eigenvalue weighted by Gasteiger charge is 2.37. The van der Waals surface area contributed by atoms with Crippen LogP contribution in [-0.4, -0.2) is 104 Å². The van der Waals surface area contributed by atoms with Gasteiger partial charge in [-0.2, -0.15) is 0 Å². The molecule has 0 N–H and O–H groups in total. The molecule has 0 fully saturated rings. The molecule has 0 radical (unpaired) electrons. The van der Waals surface area contributed by atoms with E-state index in [0.29, 0.717) is 6.29 Å². The molecule has 190 valence electrons. The van der Waals surface area contributed by atoms with Crippen molar-refractivity contribution >= 4 is 24.0 Å². The summed E-state index contributed by atoms with van der Waals surface area (Å²) in [7, 11) is 1.43. The molecular weight excluding hydrogens is 476 g/mol. The van der Waals surface area contributed by atoms with Gasteiger partial charge in [-0.1, -0.05) is 0 Å². The van der Waals surface area contributed by atoms with Gasteiger partial charge in [-0.3, -0.25) is 24.1 Å². The molecule has 0 atom stereocenters. The molecule has 1 aromatic carbocycles. The average Bonchev–Trinajstić information content (AvgIpc) is 3.05. The van der Waals surface area contributed by atoms with Crippen molar-refractivity contribution in [3.63, 3.8) is 0 Å². The molecule has 2 rings (SSSR count). The van der Waals surface area contributed by atoms with Crippen molar-refractivity contribution in [1.82, 2.24) is 9.80 Å². The Morgan fingerprint density at radius 1 is 0.943 bits per heavy atom. The topological polar surface area (TPSA) is 198 Å². The summed E-state index contributed by atoms with van der Waals surface area (Å²) in [6.45, 7) is -0.928. The Bertz CT molecular complexity index is 998. The van der Waals surface area contributed by atoms with Crippen LogP contribution in [0.5, 0.6) is 0 Å². The van der Waals surface area contributed by atoms with E-state index < -0.39 is 27.9 Å². The van der Waals surface area contributed by atoms with Crippen LogP contribution < -0.4 is 0 Å². The highest BCUT2D eigenvalue weighted by Crippen LogP contribution is 2.26. The number of likely N-dealkylation sites (N-methyl/N-ethyl adjacent to an activating group) is 1. The minimum Gasteiger partial charge on any atom is -0.378 e. The van der Waals surface area contributed by atoms with Gasteiger partial charge < -0.3 is 24.0 Å². The van der Waals surface area contributed by atoms with E-state index in [-0.39, 0.29) is 75.0 Å². The van der Waals surface area contributed by atoms with Crippen LogP contribution in [0.1, 0.15) is 41.4 Å². The van der Waals surface area contributed by atoms with E-state index in [0.717, 1.165) is 4.90 Å². The number of amides is 3. The maximum Gasteiger partial charge on any atom is 0.294 e. The second kappa shape index (κ2) is 12.9. The van der Waals surface area contributed by atoms with Crippen molar-refractivity contribution in [3.05, 3.63) is 54.6 Å². The van der Waals surface area contributed by atoms with E-state index in [1.807, 2.05) is 0 Å². The molecule has 1 heterocycles. The Labute approximate surface area is 197 Å².